The first-order valence-electron chi connectivity index (χ1n) is 5.56. The van der Waals surface area contributed by atoms with Crippen molar-refractivity contribution >= 4 is 39.7 Å². The number of imidazole rings is 1. The Morgan fingerprint density at radius 2 is 2.21 bits per heavy atom. The third-order valence-electron chi connectivity index (χ3n) is 2.53. The lowest BCUT2D eigenvalue weighted by atomic mass is 10.2. The predicted molar refractivity (Wildman–Crippen MR) is 79.6 cm³/mol. The molecule has 0 bridgehead atoms. The highest BCUT2D eigenvalue weighted by Crippen LogP contribution is 2.21. The molecule has 0 spiro atoms. The first-order chi connectivity index (χ1) is 9.22. The van der Waals surface area contributed by atoms with Crippen LogP contribution in [0.2, 0.25) is 0 Å². The first kappa shape index (κ1) is 12.2. The third kappa shape index (κ3) is 2.60. The third-order valence-corrected chi connectivity index (χ3v) is 3.21. The van der Waals surface area contributed by atoms with Crippen molar-refractivity contribution in [2.45, 2.75) is 6.61 Å². The number of benzene rings is 1. The number of nitrogen functional groups attached to an aromatic ring is 1. The fourth-order valence-corrected chi connectivity index (χ4v) is 2.31. The lowest BCUT2D eigenvalue weighted by Crippen LogP contribution is -2.02. The predicted octanol–water partition coefficient (Wildman–Crippen LogP) is 2.12. The van der Waals surface area contributed by atoms with Crippen molar-refractivity contribution in [3.8, 4) is 5.88 Å². The zero-order valence-electron chi connectivity index (χ0n) is 9.80. The zero-order valence-corrected chi connectivity index (χ0v) is 12.0. The zero-order chi connectivity index (χ0) is 13.2. The van der Waals surface area contributed by atoms with E-state index < -0.39 is 0 Å². The van der Waals surface area contributed by atoms with Crippen LogP contribution in [0, 0.1) is 3.57 Å². The molecule has 0 aliphatic heterocycles. The molecule has 6 nitrogen and oxygen atoms in total. The molecule has 7 heteroatoms. The van der Waals surface area contributed by atoms with Crippen molar-refractivity contribution in [1.82, 2.24) is 19.9 Å². The highest BCUT2D eigenvalue weighted by molar-refractivity contribution is 14.1. The van der Waals surface area contributed by atoms with E-state index >= 15 is 0 Å². The van der Waals surface area contributed by atoms with Gasteiger partial charge < -0.3 is 15.5 Å². The van der Waals surface area contributed by atoms with E-state index in [9.17, 15) is 0 Å². The Labute approximate surface area is 122 Å². The summed E-state index contributed by atoms with van der Waals surface area (Å²) in [5, 5.41) is 0. The van der Waals surface area contributed by atoms with Crippen molar-refractivity contribution in [3.05, 3.63) is 39.7 Å². The number of halogens is 1. The van der Waals surface area contributed by atoms with Gasteiger partial charge in [0.2, 0.25) is 11.8 Å². The maximum absolute atomic E-state index is 5.69. The van der Waals surface area contributed by atoms with Crippen LogP contribution in [-0.4, -0.2) is 19.9 Å². The largest absolute Gasteiger partial charge is 0.471 e. The molecule has 0 radical (unpaired) electrons. The van der Waals surface area contributed by atoms with Crippen molar-refractivity contribution in [3.63, 3.8) is 0 Å². The maximum Gasteiger partial charge on any atom is 0.245 e. The second-order valence-corrected chi connectivity index (χ2v) is 5.15. The Morgan fingerprint density at radius 1 is 1.32 bits per heavy atom. The number of rotatable bonds is 3. The molecule has 0 aliphatic rings. The molecule has 96 valence electrons. The van der Waals surface area contributed by atoms with E-state index in [-0.39, 0.29) is 5.95 Å². The van der Waals surface area contributed by atoms with Crippen molar-refractivity contribution in [1.29, 1.82) is 0 Å². The summed E-state index contributed by atoms with van der Waals surface area (Å²) in [5.41, 5.74) is 7.84. The molecule has 0 atom stereocenters. The van der Waals surface area contributed by atoms with Crippen LogP contribution in [0.5, 0.6) is 5.88 Å². The summed E-state index contributed by atoms with van der Waals surface area (Å²) in [7, 11) is 0. The van der Waals surface area contributed by atoms with Gasteiger partial charge in [0.15, 0.2) is 5.65 Å². The van der Waals surface area contributed by atoms with Crippen LogP contribution in [0.15, 0.2) is 30.6 Å². The van der Waals surface area contributed by atoms with Crippen molar-refractivity contribution in [2.24, 2.45) is 0 Å². The molecule has 3 aromatic rings. The molecule has 2 heterocycles. The molecule has 3 N–H and O–H groups in total. The SMILES string of the molecule is Nc1nc(OCc2cccc([125I])c2)c2[nH]cnc2n1. The number of aromatic amines is 1. The van der Waals surface area contributed by atoms with Gasteiger partial charge in [-0.3, -0.25) is 0 Å². The molecule has 0 saturated carbocycles. The number of hydrogen-bond donors (Lipinski definition) is 2. The van der Waals surface area contributed by atoms with Gasteiger partial charge in [-0.1, -0.05) is 12.1 Å². The number of H-pyrrole nitrogens is 1. The van der Waals surface area contributed by atoms with Gasteiger partial charge in [0, 0.05) is 3.57 Å². The lowest BCUT2D eigenvalue weighted by Gasteiger charge is -2.06. The number of nitrogens with zero attached hydrogens (tertiary/aromatic N) is 3. The molecule has 2 aromatic heterocycles. The summed E-state index contributed by atoms with van der Waals surface area (Å²) in [4.78, 5) is 15.1. The summed E-state index contributed by atoms with van der Waals surface area (Å²) >= 11 is 2.26. The molecule has 0 fully saturated rings. The van der Waals surface area contributed by atoms with Gasteiger partial charge in [0.05, 0.1) is 6.33 Å². The molecule has 1 aromatic carbocycles. The van der Waals surface area contributed by atoms with E-state index in [0.29, 0.717) is 23.7 Å². The summed E-state index contributed by atoms with van der Waals surface area (Å²) in [6, 6.07) is 8.06. The minimum Gasteiger partial charge on any atom is -0.471 e. The van der Waals surface area contributed by atoms with E-state index in [1.807, 2.05) is 18.2 Å². The topological polar surface area (TPSA) is 89.7 Å². The molecule has 0 aliphatic carbocycles. The number of nitrogens with two attached hydrogens (primary N) is 1. The molecular formula is C12H10IN5O. The van der Waals surface area contributed by atoms with Crippen LogP contribution in [0.3, 0.4) is 0 Å². The number of anilines is 1. The number of aromatic nitrogens is 4. The summed E-state index contributed by atoms with van der Waals surface area (Å²) in [6.45, 7) is 0.418. The van der Waals surface area contributed by atoms with Crippen LogP contribution in [-0.2, 0) is 6.61 Å². The number of nitrogens with one attached hydrogen (secondary N) is 1. The summed E-state index contributed by atoms with van der Waals surface area (Å²) in [6.07, 6.45) is 1.54. The van der Waals surface area contributed by atoms with Crippen LogP contribution >= 0.6 is 22.6 Å². The Kier molecular flexibility index (Phi) is 3.20. The van der Waals surface area contributed by atoms with Crippen molar-refractivity contribution in [2.75, 3.05) is 5.73 Å². The number of fused-ring (bicyclic) bond motifs is 1. The normalized spacial score (nSPS) is 10.8. The molecule has 19 heavy (non-hydrogen) atoms. The van der Waals surface area contributed by atoms with E-state index in [2.05, 4.69) is 48.6 Å². The number of ether oxygens (including phenoxy) is 1. The van der Waals surface area contributed by atoms with Crippen LogP contribution in [0.4, 0.5) is 5.95 Å². The highest BCUT2D eigenvalue weighted by atomic mass is 125. The van der Waals surface area contributed by atoms with E-state index in [1.54, 1.807) is 0 Å². The Hall–Kier alpha value is -1.90. The average Bonchev–Trinajstić information content (AvgIpc) is 2.84. The smallest absolute Gasteiger partial charge is 0.245 e. The van der Waals surface area contributed by atoms with Gasteiger partial charge in [0.25, 0.3) is 0 Å². The van der Waals surface area contributed by atoms with E-state index in [0.717, 1.165) is 9.13 Å². The minimum atomic E-state index is 0.150. The van der Waals surface area contributed by atoms with Gasteiger partial charge in [0.1, 0.15) is 12.1 Å². The summed E-state index contributed by atoms with van der Waals surface area (Å²) < 4.78 is 6.85. The Morgan fingerprint density at radius 3 is 3.05 bits per heavy atom. The molecule has 0 unspecified atom stereocenters. The van der Waals surface area contributed by atoms with Gasteiger partial charge in [-0.25, -0.2) is 4.98 Å². The fourth-order valence-electron chi connectivity index (χ4n) is 1.71. The van der Waals surface area contributed by atoms with E-state index in [1.165, 1.54) is 6.33 Å². The van der Waals surface area contributed by atoms with Gasteiger partial charge in [-0.05, 0) is 40.3 Å². The van der Waals surface area contributed by atoms with Gasteiger partial charge >= 0.3 is 0 Å². The van der Waals surface area contributed by atoms with Crippen LogP contribution < -0.4 is 10.5 Å². The van der Waals surface area contributed by atoms with Crippen molar-refractivity contribution < 1.29 is 4.74 Å². The second-order valence-electron chi connectivity index (χ2n) is 3.91. The summed E-state index contributed by atoms with van der Waals surface area (Å²) in [5.74, 6) is 0.566. The quantitative estimate of drug-likeness (QED) is 0.694. The highest BCUT2D eigenvalue weighted by Gasteiger charge is 2.09. The Bertz CT molecular complexity index is 727. The van der Waals surface area contributed by atoms with Crippen LogP contribution in [0.25, 0.3) is 11.2 Å². The second kappa shape index (κ2) is 5.00. The lowest BCUT2D eigenvalue weighted by molar-refractivity contribution is 0.297. The molecule has 3 rings (SSSR count). The Balaban J connectivity index is 1.87. The fraction of sp³-hybridized carbons (Fsp3) is 0.0833. The maximum atomic E-state index is 5.69. The molecule has 0 amide bonds. The minimum absolute atomic E-state index is 0.150. The van der Waals surface area contributed by atoms with Crippen LogP contribution in [0.1, 0.15) is 5.56 Å². The number of hydrogen-bond acceptors (Lipinski definition) is 5. The first-order valence-corrected chi connectivity index (χ1v) is 6.64. The van der Waals surface area contributed by atoms with E-state index in [4.69, 9.17) is 10.5 Å². The molecular weight excluding hydrogens is 355 g/mol. The van der Waals surface area contributed by atoms with Gasteiger partial charge in [-0.15, -0.1) is 0 Å². The molecule has 0 saturated heterocycles. The standard InChI is InChI=1S/C12H10IN5O/c13-8-3-1-2-7(4-8)5-19-11-9-10(16-6-15-9)17-12(14)18-11/h1-4,6H,5H2,(H3,14,15,16,17,18)/i13-2. The average molecular weight is 365 g/mol. The monoisotopic (exact) mass is 365 g/mol. The van der Waals surface area contributed by atoms with Gasteiger partial charge in [-0.2, -0.15) is 9.97 Å².